The fourth-order valence-electron chi connectivity index (χ4n) is 3.91. The van der Waals surface area contributed by atoms with Gasteiger partial charge >= 0.3 is 23.9 Å². The minimum absolute atomic E-state index is 0.0439. The molecule has 0 radical (unpaired) electrons. The van der Waals surface area contributed by atoms with Gasteiger partial charge in [-0.25, -0.2) is 9.59 Å². The van der Waals surface area contributed by atoms with Crippen LogP contribution in [0.5, 0.6) is 0 Å². The van der Waals surface area contributed by atoms with Crippen molar-refractivity contribution in [3.05, 3.63) is 23.3 Å². The zero-order valence-electron chi connectivity index (χ0n) is 20.0. The highest BCUT2D eigenvalue weighted by atomic mass is 16.6. The summed E-state index contributed by atoms with van der Waals surface area (Å²) >= 11 is 0. The van der Waals surface area contributed by atoms with Crippen LogP contribution in [0.2, 0.25) is 0 Å². The minimum Gasteiger partial charge on any atom is -0.458 e. The van der Waals surface area contributed by atoms with Crippen LogP contribution in [0.3, 0.4) is 0 Å². The maximum absolute atomic E-state index is 13.2. The molecule has 0 aromatic rings. The Kier molecular flexibility index (Phi) is 8.79. The molecule has 2 heterocycles. The predicted octanol–water partition coefficient (Wildman–Crippen LogP) is 0.914. The van der Waals surface area contributed by atoms with Crippen LogP contribution in [0.4, 0.5) is 0 Å². The summed E-state index contributed by atoms with van der Waals surface area (Å²) < 4.78 is 21.9. The molecule has 0 aromatic carbocycles. The molecule has 1 saturated heterocycles. The van der Waals surface area contributed by atoms with Gasteiger partial charge in [-0.15, -0.1) is 0 Å². The van der Waals surface area contributed by atoms with Crippen molar-refractivity contribution in [1.29, 1.82) is 0 Å². The molecular weight excluding hydrogens is 434 g/mol. The van der Waals surface area contributed by atoms with E-state index in [1.54, 1.807) is 13.0 Å². The molecule has 5 atom stereocenters. The number of nitrogens with zero attached hydrogens (tertiary/aromatic N) is 1. The van der Waals surface area contributed by atoms with Crippen LogP contribution in [0, 0.1) is 5.92 Å². The van der Waals surface area contributed by atoms with Gasteiger partial charge in [0, 0.05) is 39.3 Å². The normalized spacial score (nSPS) is 34.9. The summed E-state index contributed by atoms with van der Waals surface area (Å²) in [6.45, 7) is 7.46. The third kappa shape index (κ3) is 6.20. The lowest BCUT2D eigenvalue weighted by atomic mass is 9.82. The third-order valence-electron chi connectivity index (χ3n) is 6.05. The van der Waals surface area contributed by atoms with Crippen molar-refractivity contribution in [2.45, 2.75) is 65.0 Å². The van der Waals surface area contributed by atoms with Crippen molar-refractivity contribution in [2.24, 2.45) is 5.92 Å². The lowest BCUT2D eigenvalue weighted by molar-refractivity contribution is -0.192. The van der Waals surface area contributed by atoms with Gasteiger partial charge in [-0.3, -0.25) is 9.59 Å². The number of cyclic esters (lactones) is 1. The van der Waals surface area contributed by atoms with Crippen LogP contribution in [0.15, 0.2) is 23.3 Å². The number of carbonyl (C=O) groups is 4. The van der Waals surface area contributed by atoms with Crippen LogP contribution in [0.1, 0.15) is 41.0 Å². The molecule has 1 fully saturated rings. The number of ether oxygens (including phenoxy) is 4. The molecule has 1 N–H and O–H groups in total. The van der Waals surface area contributed by atoms with Gasteiger partial charge in [-0.2, -0.15) is 0 Å². The lowest BCUT2D eigenvalue weighted by Crippen LogP contribution is -2.53. The van der Waals surface area contributed by atoms with E-state index in [1.807, 2.05) is 11.9 Å². The van der Waals surface area contributed by atoms with Crippen LogP contribution in [-0.2, 0) is 38.1 Å². The Morgan fingerprint density at radius 3 is 2.52 bits per heavy atom. The molecule has 10 heteroatoms. The predicted molar refractivity (Wildman–Crippen MR) is 116 cm³/mol. The zero-order valence-corrected chi connectivity index (χ0v) is 20.0. The van der Waals surface area contributed by atoms with Gasteiger partial charge in [0.15, 0.2) is 0 Å². The van der Waals surface area contributed by atoms with Gasteiger partial charge in [-0.05, 0) is 26.5 Å². The molecule has 2 rings (SSSR count). The number of hydrogen-bond donors (Lipinski definition) is 1. The van der Waals surface area contributed by atoms with Crippen molar-refractivity contribution in [1.82, 2.24) is 4.90 Å². The summed E-state index contributed by atoms with van der Waals surface area (Å²) in [6, 6.07) is 0. The largest absolute Gasteiger partial charge is 0.458 e. The number of rotatable bonds is 2. The molecule has 2 bridgehead atoms. The fraction of sp³-hybridized carbons (Fsp3) is 0.652. The van der Waals surface area contributed by atoms with Crippen molar-refractivity contribution in [3.63, 3.8) is 0 Å². The highest BCUT2D eigenvalue weighted by molar-refractivity contribution is 5.91. The first kappa shape index (κ1) is 26.5. The maximum atomic E-state index is 13.2. The van der Waals surface area contributed by atoms with E-state index in [0.29, 0.717) is 25.1 Å². The number of fused-ring (bicyclic) bond motifs is 2. The molecule has 2 aliphatic rings. The summed E-state index contributed by atoms with van der Waals surface area (Å²) in [5.41, 5.74) is -1.58. The summed E-state index contributed by atoms with van der Waals surface area (Å²) in [5.74, 6) is -4.17. The molecule has 0 aliphatic carbocycles. The average molecular weight is 468 g/mol. The molecule has 2 aliphatic heterocycles. The topological polar surface area (TPSA) is 129 Å². The molecule has 0 amide bonds. The van der Waals surface area contributed by atoms with Crippen molar-refractivity contribution in [3.8, 4) is 0 Å². The fourth-order valence-corrected chi connectivity index (χ4v) is 3.91. The van der Waals surface area contributed by atoms with Crippen molar-refractivity contribution in [2.75, 3.05) is 26.7 Å². The monoisotopic (exact) mass is 467 g/mol. The smallest absolute Gasteiger partial charge is 0.351 e. The zero-order chi connectivity index (χ0) is 24.9. The van der Waals surface area contributed by atoms with E-state index in [1.165, 1.54) is 19.9 Å². The van der Waals surface area contributed by atoms with E-state index in [0.717, 1.165) is 13.8 Å². The Hall–Kier alpha value is -2.72. The number of allylic oxidation sites excluding steroid dienone is 1. The van der Waals surface area contributed by atoms with Gasteiger partial charge in [-0.1, -0.05) is 19.1 Å². The molecule has 0 saturated carbocycles. The number of aliphatic hydroxyl groups excluding tert-OH is 1. The molecular formula is C23H33NO9. The van der Waals surface area contributed by atoms with Gasteiger partial charge in [0.25, 0.3) is 0 Å². The van der Waals surface area contributed by atoms with E-state index in [4.69, 9.17) is 18.9 Å². The molecule has 33 heavy (non-hydrogen) atoms. The number of esters is 4. The highest BCUT2D eigenvalue weighted by Crippen LogP contribution is 2.34. The molecule has 5 unspecified atom stereocenters. The summed E-state index contributed by atoms with van der Waals surface area (Å²) in [7, 11) is 1.87. The van der Waals surface area contributed by atoms with Gasteiger partial charge < -0.3 is 29.0 Å². The molecule has 0 spiro atoms. The van der Waals surface area contributed by atoms with Crippen LogP contribution in [-0.4, -0.2) is 84.5 Å². The van der Waals surface area contributed by atoms with E-state index in [9.17, 15) is 24.3 Å². The van der Waals surface area contributed by atoms with E-state index in [-0.39, 0.29) is 12.2 Å². The average Bonchev–Trinajstić information content (AvgIpc) is 2.72. The Balaban J connectivity index is 2.63. The third-order valence-corrected chi connectivity index (χ3v) is 6.05. The number of aliphatic hydroxyl groups is 1. The number of hydrogen-bond acceptors (Lipinski definition) is 10. The second-order valence-electron chi connectivity index (χ2n) is 8.56. The Bertz CT molecular complexity index is 849. The molecule has 0 aromatic heterocycles. The quantitative estimate of drug-likeness (QED) is 0.271. The molecule has 10 nitrogen and oxygen atoms in total. The standard InChI is InChI=1S/C23H33NO9/c1-7-17-20(31-14(3)25)13(2)23(5,33-15(4)26)22(29)30-12-16-8-10-24(6)11-9-18(19(16)27)32-21(17)28/h7-8,13,18-20,27H,9-12H2,1-6H3/b16-8-,17-7-. The van der Waals surface area contributed by atoms with Crippen LogP contribution >= 0.6 is 0 Å². The summed E-state index contributed by atoms with van der Waals surface area (Å²) in [5, 5.41) is 10.9. The maximum Gasteiger partial charge on any atom is 0.351 e. The first-order valence-corrected chi connectivity index (χ1v) is 10.9. The second kappa shape index (κ2) is 10.9. The number of likely N-dealkylation sites (N-methyl/N-ethyl adjacent to an activating group) is 1. The minimum atomic E-state index is -1.90. The Morgan fingerprint density at radius 1 is 1.27 bits per heavy atom. The Labute approximate surface area is 193 Å². The van der Waals surface area contributed by atoms with E-state index in [2.05, 4.69) is 0 Å². The summed E-state index contributed by atoms with van der Waals surface area (Å²) in [4.78, 5) is 52.1. The summed E-state index contributed by atoms with van der Waals surface area (Å²) in [6.07, 6.45) is 0.0692. The Morgan fingerprint density at radius 2 is 1.94 bits per heavy atom. The number of carbonyl (C=O) groups excluding carboxylic acids is 4. The van der Waals surface area contributed by atoms with Crippen LogP contribution < -0.4 is 0 Å². The first-order chi connectivity index (χ1) is 15.4. The van der Waals surface area contributed by atoms with E-state index >= 15 is 0 Å². The van der Waals surface area contributed by atoms with Gasteiger partial charge in [0.05, 0.1) is 5.57 Å². The first-order valence-electron chi connectivity index (χ1n) is 10.9. The van der Waals surface area contributed by atoms with Crippen LogP contribution in [0.25, 0.3) is 0 Å². The SMILES string of the molecule is C/C=C1\C(=O)OC2CCN(C)C/C=C(/COC(=O)C(C)(OC(C)=O)C(C)C1OC(C)=O)C2O. The lowest BCUT2D eigenvalue weighted by Gasteiger charge is -2.38. The van der Waals surface area contributed by atoms with Crippen molar-refractivity contribution >= 4 is 23.9 Å². The molecule has 184 valence electrons. The van der Waals surface area contributed by atoms with Gasteiger partial charge in [0.2, 0.25) is 5.60 Å². The van der Waals surface area contributed by atoms with Gasteiger partial charge in [0.1, 0.15) is 24.9 Å². The van der Waals surface area contributed by atoms with E-state index < -0.39 is 53.7 Å². The second-order valence-corrected chi connectivity index (χ2v) is 8.56. The van der Waals surface area contributed by atoms with Crippen molar-refractivity contribution < 1.29 is 43.2 Å². The highest BCUT2D eigenvalue weighted by Gasteiger charge is 2.51.